The molecule has 1 aliphatic rings. The first-order valence-corrected chi connectivity index (χ1v) is 7.32. The van der Waals surface area contributed by atoms with Gasteiger partial charge in [-0.25, -0.2) is 0 Å². The van der Waals surface area contributed by atoms with Crippen LogP contribution < -0.4 is 9.47 Å². The van der Waals surface area contributed by atoms with Gasteiger partial charge < -0.3 is 19.1 Å². The molecule has 1 saturated heterocycles. The third-order valence-electron chi connectivity index (χ3n) is 3.74. The SMILES string of the molecule is COc1ccc2ccc(OCC(=O)N3CCOCC3)cc2c1. The number of fused-ring (bicyclic) bond motifs is 1. The third-order valence-corrected chi connectivity index (χ3v) is 3.74. The predicted molar refractivity (Wildman–Crippen MR) is 83.4 cm³/mol. The molecule has 0 saturated carbocycles. The molecule has 1 aliphatic heterocycles. The van der Waals surface area contributed by atoms with Crippen molar-refractivity contribution in [1.82, 2.24) is 4.90 Å². The van der Waals surface area contributed by atoms with Gasteiger partial charge in [0.25, 0.3) is 5.91 Å². The molecule has 22 heavy (non-hydrogen) atoms. The van der Waals surface area contributed by atoms with Gasteiger partial charge in [-0.3, -0.25) is 4.79 Å². The first-order chi connectivity index (χ1) is 10.8. The maximum absolute atomic E-state index is 12.1. The van der Waals surface area contributed by atoms with Crippen LogP contribution in [0.15, 0.2) is 36.4 Å². The van der Waals surface area contributed by atoms with Crippen LogP contribution in [0.25, 0.3) is 10.8 Å². The zero-order valence-electron chi connectivity index (χ0n) is 12.6. The lowest BCUT2D eigenvalue weighted by molar-refractivity contribution is -0.137. The number of methoxy groups -OCH3 is 1. The van der Waals surface area contributed by atoms with Crippen molar-refractivity contribution in [2.24, 2.45) is 0 Å². The highest BCUT2D eigenvalue weighted by Crippen LogP contribution is 2.25. The van der Waals surface area contributed by atoms with Crippen molar-refractivity contribution in [3.05, 3.63) is 36.4 Å². The Hall–Kier alpha value is -2.27. The number of hydrogen-bond acceptors (Lipinski definition) is 4. The number of amides is 1. The molecule has 1 amide bonds. The van der Waals surface area contributed by atoms with E-state index in [1.165, 1.54) is 0 Å². The molecule has 0 spiro atoms. The quantitative estimate of drug-likeness (QED) is 0.867. The molecule has 0 radical (unpaired) electrons. The second kappa shape index (κ2) is 6.66. The Bertz CT molecular complexity index is 665. The van der Waals surface area contributed by atoms with Crippen molar-refractivity contribution in [3.8, 4) is 11.5 Å². The molecule has 0 N–H and O–H groups in total. The van der Waals surface area contributed by atoms with Gasteiger partial charge >= 0.3 is 0 Å². The molecule has 3 rings (SSSR count). The number of carbonyl (C=O) groups excluding carboxylic acids is 1. The van der Waals surface area contributed by atoms with Gasteiger partial charge in [-0.15, -0.1) is 0 Å². The van der Waals surface area contributed by atoms with Crippen molar-refractivity contribution in [3.63, 3.8) is 0 Å². The first kappa shape index (κ1) is 14.7. The lowest BCUT2D eigenvalue weighted by atomic mass is 10.1. The summed E-state index contributed by atoms with van der Waals surface area (Å²) in [6.45, 7) is 2.52. The smallest absolute Gasteiger partial charge is 0.260 e. The fraction of sp³-hybridized carbons (Fsp3) is 0.353. The summed E-state index contributed by atoms with van der Waals surface area (Å²) in [6, 6.07) is 11.6. The van der Waals surface area contributed by atoms with Crippen LogP contribution >= 0.6 is 0 Å². The monoisotopic (exact) mass is 301 g/mol. The Balaban J connectivity index is 1.66. The normalized spacial score (nSPS) is 14.9. The van der Waals surface area contributed by atoms with Gasteiger partial charge in [-0.05, 0) is 35.0 Å². The second-order valence-electron chi connectivity index (χ2n) is 5.16. The van der Waals surface area contributed by atoms with Crippen molar-refractivity contribution in [2.75, 3.05) is 40.0 Å². The molecule has 0 bridgehead atoms. The molecule has 5 heteroatoms. The zero-order chi connectivity index (χ0) is 15.4. The van der Waals surface area contributed by atoms with Gasteiger partial charge in [0.1, 0.15) is 11.5 Å². The van der Waals surface area contributed by atoms with E-state index in [-0.39, 0.29) is 12.5 Å². The maximum atomic E-state index is 12.1. The van der Waals surface area contributed by atoms with E-state index in [4.69, 9.17) is 14.2 Å². The van der Waals surface area contributed by atoms with Gasteiger partial charge in [-0.1, -0.05) is 12.1 Å². The van der Waals surface area contributed by atoms with Crippen LogP contribution in [-0.4, -0.2) is 50.8 Å². The summed E-state index contributed by atoms with van der Waals surface area (Å²) in [4.78, 5) is 13.8. The summed E-state index contributed by atoms with van der Waals surface area (Å²) in [5, 5.41) is 2.13. The topological polar surface area (TPSA) is 48.0 Å². The fourth-order valence-electron chi connectivity index (χ4n) is 2.47. The lowest BCUT2D eigenvalue weighted by Gasteiger charge is -2.26. The van der Waals surface area contributed by atoms with Crippen molar-refractivity contribution >= 4 is 16.7 Å². The van der Waals surface area contributed by atoms with Crippen molar-refractivity contribution in [2.45, 2.75) is 0 Å². The van der Waals surface area contributed by atoms with Gasteiger partial charge in [0.2, 0.25) is 0 Å². The number of ether oxygens (including phenoxy) is 3. The lowest BCUT2D eigenvalue weighted by Crippen LogP contribution is -2.42. The van der Waals surface area contributed by atoms with E-state index >= 15 is 0 Å². The van der Waals surface area contributed by atoms with E-state index in [0.29, 0.717) is 32.1 Å². The molecule has 0 aliphatic carbocycles. The largest absolute Gasteiger partial charge is 0.497 e. The number of nitrogens with zero attached hydrogens (tertiary/aromatic N) is 1. The molecule has 1 heterocycles. The fourth-order valence-corrected chi connectivity index (χ4v) is 2.47. The van der Waals surface area contributed by atoms with Crippen LogP contribution in [-0.2, 0) is 9.53 Å². The molecule has 5 nitrogen and oxygen atoms in total. The van der Waals surface area contributed by atoms with Crippen LogP contribution in [0.1, 0.15) is 0 Å². The average molecular weight is 301 g/mol. The summed E-state index contributed by atoms with van der Waals surface area (Å²) in [7, 11) is 1.64. The average Bonchev–Trinajstić information content (AvgIpc) is 2.59. The number of morpholine rings is 1. The van der Waals surface area contributed by atoms with Crippen molar-refractivity contribution < 1.29 is 19.0 Å². The summed E-state index contributed by atoms with van der Waals surface area (Å²) >= 11 is 0. The minimum absolute atomic E-state index is 0.00552. The maximum Gasteiger partial charge on any atom is 0.260 e. The van der Waals surface area contributed by atoms with Crippen LogP contribution in [0.4, 0.5) is 0 Å². The molecule has 2 aromatic carbocycles. The second-order valence-corrected chi connectivity index (χ2v) is 5.16. The van der Waals surface area contributed by atoms with E-state index in [1.54, 1.807) is 12.0 Å². The Morgan fingerprint density at radius 3 is 2.50 bits per heavy atom. The first-order valence-electron chi connectivity index (χ1n) is 7.32. The Morgan fingerprint density at radius 2 is 1.77 bits per heavy atom. The van der Waals surface area contributed by atoms with E-state index < -0.39 is 0 Å². The van der Waals surface area contributed by atoms with E-state index in [9.17, 15) is 4.79 Å². The van der Waals surface area contributed by atoms with Crippen LogP contribution in [0, 0.1) is 0 Å². The summed E-state index contributed by atoms with van der Waals surface area (Å²) < 4.78 is 16.1. The van der Waals surface area contributed by atoms with Crippen LogP contribution in [0.2, 0.25) is 0 Å². The molecule has 0 atom stereocenters. The summed E-state index contributed by atoms with van der Waals surface area (Å²) in [5.41, 5.74) is 0. The molecule has 0 aromatic heterocycles. The van der Waals surface area contributed by atoms with E-state index in [1.807, 2.05) is 36.4 Å². The summed E-state index contributed by atoms with van der Waals surface area (Å²) in [6.07, 6.45) is 0. The molecule has 116 valence electrons. The molecule has 1 fully saturated rings. The van der Waals surface area contributed by atoms with Gasteiger partial charge in [0.15, 0.2) is 6.61 Å². The van der Waals surface area contributed by atoms with E-state index in [2.05, 4.69) is 0 Å². The zero-order valence-corrected chi connectivity index (χ0v) is 12.6. The number of benzene rings is 2. The Morgan fingerprint density at radius 1 is 1.09 bits per heavy atom. The Kier molecular flexibility index (Phi) is 4.44. The molecular formula is C17H19NO4. The Labute approximate surface area is 129 Å². The van der Waals surface area contributed by atoms with Gasteiger partial charge in [-0.2, -0.15) is 0 Å². The van der Waals surface area contributed by atoms with Crippen LogP contribution in [0.5, 0.6) is 11.5 Å². The minimum Gasteiger partial charge on any atom is -0.497 e. The number of hydrogen-bond donors (Lipinski definition) is 0. The summed E-state index contributed by atoms with van der Waals surface area (Å²) in [5.74, 6) is 1.48. The standard InChI is InChI=1S/C17H19NO4/c1-20-15-4-2-13-3-5-16(11-14(13)10-15)22-12-17(19)18-6-8-21-9-7-18/h2-5,10-11H,6-9,12H2,1H3. The number of rotatable bonds is 4. The highest BCUT2D eigenvalue weighted by atomic mass is 16.5. The minimum atomic E-state index is -0.00552. The number of carbonyl (C=O) groups is 1. The molecule has 2 aromatic rings. The molecular weight excluding hydrogens is 282 g/mol. The van der Waals surface area contributed by atoms with Gasteiger partial charge in [0.05, 0.1) is 20.3 Å². The highest BCUT2D eigenvalue weighted by molar-refractivity contribution is 5.85. The van der Waals surface area contributed by atoms with E-state index in [0.717, 1.165) is 16.5 Å². The highest BCUT2D eigenvalue weighted by Gasteiger charge is 2.17. The van der Waals surface area contributed by atoms with Crippen molar-refractivity contribution in [1.29, 1.82) is 0 Å². The van der Waals surface area contributed by atoms with Gasteiger partial charge in [0, 0.05) is 13.1 Å². The third kappa shape index (κ3) is 3.31. The molecule has 0 unspecified atom stereocenters. The predicted octanol–water partition coefficient (Wildman–Crippen LogP) is 2.09. The van der Waals surface area contributed by atoms with Crippen LogP contribution in [0.3, 0.4) is 0 Å².